The first-order chi connectivity index (χ1) is 8.16. The van der Waals surface area contributed by atoms with Crippen LogP contribution in [0.2, 0.25) is 0 Å². The second-order valence-corrected chi connectivity index (χ2v) is 3.94. The van der Waals surface area contributed by atoms with Crippen LogP contribution < -0.4 is 11.1 Å². The molecule has 98 valence electrons. The van der Waals surface area contributed by atoms with Gasteiger partial charge in [-0.05, 0) is 38.0 Å². The first kappa shape index (κ1) is 18.3. The van der Waals surface area contributed by atoms with Crippen molar-refractivity contribution in [3.05, 3.63) is 49.1 Å². The highest BCUT2D eigenvalue weighted by molar-refractivity contribution is 5.14. The van der Waals surface area contributed by atoms with Crippen LogP contribution in [0.25, 0.3) is 0 Å². The molecule has 0 heterocycles. The molecule has 0 saturated heterocycles. The Labute approximate surface area is 107 Å². The smallest absolute Gasteiger partial charge is 0.00179 e. The van der Waals surface area contributed by atoms with Crippen molar-refractivity contribution < 1.29 is 0 Å². The van der Waals surface area contributed by atoms with Crippen molar-refractivity contribution in [3.63, 3.8) is 0 Å². The average molecular weight is 236 g/mol. The minimum Gasteiger partial charge on any atom is -0.328 e. The van der Waals surface area contributed by atoms with E-state index in [0.717, 1.165) is 6.54 Å². The van der Waals surface area contributed by atoms with E-state index in [2.05, 4.69) is 48.8 Å². The van der Waals surface area contributed by atoms with E-state index in [-0.39, 0.29) is 0 Å². The lowest BCUT2D eigenvalue weighted by atomic mass is 10.1. The third-order valence-electron chi connectivity index (χ3n) is 1.74. The SMILES string of the molecule is C=C.CC(C)N.CNCCCc1ccccc1. The minimum absolute atomic E-state index is 0.333. The molecule has 0 radical (unpaired) electrons. The molecule has 0 spiro atoms. The van der Waals surface area contributed by atoms with Gasteiger partial charge in [0.15, 0.2) is 0 Å². The molecular formula is C15H28N2. The molecule has 17 heavy (non-hydrogen) atoms. The van der Waals surface area contributed by atoms with Crippen LogP contribution in [-0.2, 0) is 6.42 Å². The maximum absolute atomic E-state index is 5.11. The highest BCUT2D eigenvalue weighted by atomic mass is 14.8. The minimum atomic E-state index is 0.333. The molecule has 0 bridgehead atoms. The average Bonchev–Trinajstić information content (AvgIpc) is 2.33. The highest BCUT2D eigenvalue weighted by Crippen LogP contribution is 2.00. The van der Waals surface area contributed by atoms with Crippen LogP contribution in [0, 0.1) is 0 Å². The summed E-state index contributed by atoms with van der Waals surface area (Å²) in [5, 5.41) is 3.14. The third kappa shape index (κ3) is 17.5. The topological polar surface area (TPSA) is 38.0 Å². The van der Waals surface area contributed by atoms with Gasteiger partial charge in [0.05, 0.1) is 0 Å². The van der Waals surface area contributed by atoms with Gasteiger partial charge in [-0.3, -0.25) is 0 Å². The van der Waals surface area contributed by atoms with Crippen LogP contribution in [-0.4, -0.2) is 19.6 Å². The number of aryl methyl sites for hydroxylation is 1. The molecule has 0 fully saturated rings. The van der Waals surface area contributed by atoms with Crippen LogP contribution in [0.4, 0.5) is 0 Å². The lowest BCUT2D eigenvalue weighted by molar-refractivity contribution is 0.725. The molecule has 0 amide bonds. The summed E-state index contributed by atoms with van der Waals surface area (Å²) in [7, 11) is 1.99. The van der Waals surface area contributed by atoms with Crippen molar-refractivity contribution >= 4 is 0 Å². The zero-order chi connectivity index (χ0) is 13.5. The Kier molecular flexibility index (Phi) is 16.0. The van der Waals surface area contributed by atoms with Crippen LogP contribution in [0.15, 0.2) is 43.5 Å². The molecule has 2 nitrogen and oxygen atoms in total. The molecule has 0 saturated carbocycles. The molecule has 3 N–H and O–H groups in total. The summed E-state index contributed by atoms with van der Waals surface area (Å²) >= 11 is 0. The highest BCUT2D eigenvalue weighted by Gasteiger charge is 1.88. The molecule has 1 aromatic carbocycles. The monoisotopic (exact) mass is 236 g/mol. The summed E-state index contributed by atoms with van der Waals surface area (Å²) < 4.78 is 0. The summed E-state index contributed by atoms with van der Waals surface area (Å²) in [5.74, 6) is 0. The summed E-state index contributed by atoms with van der Waals surface area (Å²) in [5.41, 5.74) is 6.54. The second kappa shape index (κ2) is 14.9. The van der Waals surface area contributed by atoms with E-state index in [1.54, 1.807) is 0 Å². The summed E-state index contributed by atoms with van der Waals surface area (Å²) in [6.07, 6.45) is 2.40. The quantitative estimate of drug-likeness (QED) is 0.623. The number of benzene rings is 1. The molecule has 0 aliphatic rings. The molecule has 1 rings (SSSR count). The number of nitrogens with two attached hydrogens (primary N) is 1. The van der Waals surface area contributed by atoms with Gasteiger partial charge in [-0.2, -0.15) is 0 Å². The van der Waals surface area contributed by atoms with Crippen molar-refractivity contribution in [2.24, 2.45) is 5.73 Å². The van der Waals surface area contributed by atoms with Crippen molar-refractivity contribution in [1.29, 1.82) is 0 Å². The standard InChI is InChI=1S/C10H15N.C3H9N.C2H4/c1-11-9-5-8-10-6-3-2-4-7-10;1-3(2)4;1-2/h2-4,6-7,11H,5,8-9H2,1H3;3H,4H2,1-2H3;1-2H2. The number of hydrogen-bond donors (Lipinski definition) is 2. The van der Waals surface area contributed by atoms with Crippen LogP contribution >= 0.6 is 0 Å². The Bertz CT molecular complexity index is 229. The van der Waals surface area contributed by atoms with Crippen molar-refractivity contribution in [3.8, 4) is 0 Å². The van der Waals surface area contributed by atoms with E-state index < -0.39 is 0 Å². The van der Waals surface area contributed by atoms with Gasteiger partial charge >= 0.3 is 0 Å². The van der Waals surface area contributed by atoms with Crippen LogP contribution in [0.5, 0.6) is 0 Å². The van der Waals surface area contributed by atoms with Gasteiger partial charge in [0.1, 0.15) is 0 Å². The van der Waals surface area contributed by atoms with E-state index >= 15 is 0 Å². The number of hydrogen-bond acceptors (Lipinski definition) is 2. The van der Waals surface area contributed by atoms with Gasteiger partial charge < -0.3 is 11.1 Å². The predicted molar refractivity (Wildman–Crippen MR) is 79.3 cm³/mol. The fourth-order valence-corrected chi connectivity index (χ4v) is 1.11. The van der Waals surface area contributed by atoms with Crippen molar-refractivity contribution in [2.75, 3.05) is 13.6 Å². The fraction of sp³-hybridized carbons (Fsp3) is 0.467. The first-order valence-corrected chi connectivity index (χ1v) is 6.11. The zero-order valence-corrected chi connectivity index (χ0v) is 11.6. The fourth-order valence-electron chi connectivity index (χ4n) is 1.11. The van der Waals surface area contributed by atoms with Gasteiger partial charge in [0.2, 0.25) is 0 Å². The molecule has 2 heteroatoms. The maximum atomic E-state index is 5.11. The van der Waals surface area contributed by atoms with Crippen LogP contribution in [0.1, 0.15) is 25.8 Å². The molecule has 0 unspecified atom stereocenters. The molecule has 0 atom stereocenters. The summed E-state index contributed by atoms with van der Waals surface area (Å²) in [6.45, 7) is 11.0. The molecule has 1 aromatic rings. The van der Waals surface area contributed by atoms with E-state index in [4.69, 9.17) is 5.73 Å². The number of nitrogens with one attached hydrogen (secondary N) is 1. The van der Waals surface area contributed by atoms with E-state index in [9.17, 15) is 0 Å². The van der Waals surface area contributed by atoms with Gasteiger partial charge in [-0.25, -0.2) is 0 Å². The van der Waals surface area contributed by atoms with Crippen LogP contribution in [0.3, 0.4) is 0 Å². The van der Waals surface area contributed by atoms with Gasteiger partial charge in [0.25, 0.3) is 0 Å². The molecule has 0 aliphatic heterocycles. The lowest BCUT2D eigenvalue weighted by Crippen LogP contribution is -2.08. The maximum Gasteiger partial charge on any atom is -0.00179 e. The van der Waals surface area contributed by atoms with E-state index in [1.807, 2.05) is 20.9 Å². The normalized spacial score (nSPS) is 8.76. The van der Waals surface area contributed by atoms with Gasteiger partial charge in [-0.1, -0.05) is 44.2 Å². The summed E-state index contributed by atoms with van der Waals surface area (Å²) in [4.78, 5) is 0. The Morgan fingerprint density at radius 3 is 2.06 bits per heavy atom. The molecular weight excluding hydrogens is 208 g/mol. The third-order valence-corrected chi connectivity index (χ3v) is 1.74. The Hall–Kier alpha value is -1.12. The zero-order valence-electron chi connectivity index (χ0n) is 11.6. The summed E-state index contributed by atoms with van der Waals surface area (Å²) in [6, 6.07) is 10.9. The van der Waals surface area contributed by atoms with Crippen molar-refractivity contribution in [1.82, 2.24) is 5.32 Å². The Morgan fingerprint density at radius 1 is 1.18 bits per heavy atom. The largest absolute Gasteiger partial charge is 0.328 e. The van der Waals surface area contributed by atoms with Gasteiger partial charge in [0, 0.05) is 0 Å². The van der Waals surface area contributed by atoms with Gasteiger partial charge in [-0.15, -0.1) is 13.2 Å². The Balaban J connectivity index is 0. The van der Waals surface area contributed by atoms with E-state index in [0.29, 0.717) is 6.04 Å². The van der Waals surface area contributed by atoms with Crippen molar-refractivity contribution in [2.45, 2.75) is 32.7 Å². The Morgan fingerprint density at radius 2 is 1.65 bits per heavy atom. The molecule has 0 aromatic heterocycles. The number of rotatable bonds is 4. The lowest BCUT2D eigenvalue weighted by Gasteiger charge is -1.99. The predicted octanol–water partition coefficient (Wildman–Crippen LogP) is 2.99. The molecule has 0 aliphatic carbocycles. The van der Waals surface area contributed by atoms with E-state index in [1.165, 1.54) is 18.4 Å². The first-order valence-electron chi connectivity index (χ1n) is 6.11. The second-order valence-electron chi connectivity index (χ2n) is 3.94.